The van der Waals surface area contributed by atoms with Gasteiger partial charge in [-0.3, -0.25) is 9.59 Å². The summed E-state index contributed by atoms with van der Waals surface area (Å²) in [7, 11) is 1.43. The van der Waals surface area contributed by atoms with Gasteiger partial charge in [0.1, 0.15) is 0 Å². The van der Waals surface area contributed by atoms with Crippen molar-refractivity contribution in [2.45, 2.75) is 66.2 Å². The van der Waals surface area contributed by atoms with Crippen molar-refractivity contribution in [3.63, 3.8) is 0 Å². The highest BCUT2D eigenvalue weighted by Crippen LogP contribution is 2.56. The number of hydrogen-bond acceptors (Lipinski definition) is 4. The third-order valence-electron chi connectivity index (χ3n) is 6.81. The zero-order chi connectivity index (χ0) is 18.4. The molecule has 4 nitrogen and oxygen atoms in total. The molecule has 1 saturated heterocycles. The molecule has 0 aromatic rings. The van der Waals surface area contributed by atoms with Gasteiger partial charge in [-0.2, -0.15) is 0 Å². The first-order valence-electron chi connectivity index (χ1n) is 9.66. The van der Waals surface area contributed by atoms with Crippen molar-refractivity contribution in [1.82, 2.24) is 0 Å². The fraction of sp³-hybridized carbons (Fsp3) is 0.810. The first kappa shape index (κ1) is 18.5. The Labute approximate surface area is 151 Å². The van der Waals surface area contributed by atoms with Gasteiger partial charge in [-0.25, -0.2) is 0 Å². The maximum atomic E-state index is 12.5. The van der Waals surface area contributed by atoms with E-state index in [0.717, 1.165) is 31.3 Å². The third-order valence-corrected chi connectivity index (χ3v) is 6.81. The first-order valence-corrected chi connectivity index (χ1v) is 9.66. The fourth-order valence-corrected chi connectivity index (χ4v) is 5.79. The summed E-state index contributed by atoms with van der Waals surface area (Å²) < 4.78 is 10.4. The minimum absolute atomic E-state index is 0.0627. The van der Waals surface area contributed by atoms with Gasteiger partial charge in [0.2, 0.25) is 0 Å². The molecule has 4 atom stereocenters. The molecule has 4 heteroatoms. The molecule has 1 aliphatic heterocycles. The van der Waals surface area contributed by atoms with Crippen molar-refractivity contribution >= 4 is 11.9 Å². The normalized spacial score (nSPS) is 35.8. The molecule has 140 valence electrons. The molecule has 3 aliphatic rings. The Kier molecular flexibility index (Phi) is 4.76. The standard InChI is InChI=1S/C21H32O4/c1-13(18(22)24-5)16-15(8-7-14-11-25-19(23)17(14)16)21(4)10-6-9-20(2,3)12-21/h13-14,17H,6-12H2,1-5H3. The van der Waals surface area contributed by atoms with Crippen molar-refractivity contribution in [1.29, 1.82) is 0 Å². The summed E-state index contributed by atoms with van der Waals surface area (Å²) in [5.74, 6) is -0.795. The fourth-order valence-electron chi connectivity index (χ4n) is 5.79. The van der Waals surface area contributed by atoms with Crippen molar-refractivity contribution in [2.75, 3.05) is 13.7 Å². The molecular formula is C21H32O4. The van der Waals surface area contributed by atoms with Gasteiger partial charge >= 0.3 is 11.9 Å². The van der Waals surface area contributed by atoms with Crippen LogP contribution in [0.5, 0.6) is 0 Å². The second kappa shape index (κ2) is 6.44. The van der Waals surface area contributed by atoms with E-state index in [1.807, 2.05) is 6.92 Å². The minimum Gasteiger partial charge on any atom is -0.469 e. The van der Waals surface area contributed by atoms with Gasteiger partial charge in [-0.1, -0.05) is 32.8 Å². The maximum Gasteiger partial charge on any atom is 0.313 e. The molecule has 1 saturated carbocycles. The van der Waals surface area contributed by atoms with Gasteiger partial charge < -0.3 is 9.47 Å². The molecule has 2 aliphatic carbocycles. The Bertz CT molecular complexity index is 603. The summed E-state index contributed by atoms with van der Waals surface area (Å²) in [5, 5.41) is 0. The largest absolute Gasteiger partial charge is 0.469 e. The van der Waals surface area contributed by atoms with E-state index in [0.29, 0.717) is 12.0 Å². The van der Waals surface area contributed by atoms with Crippen LogP contribution in [-0.4, -0.2) is 25.7 Å². The lowest BCUT2D eigenvalue weighted by molar-refractivity contribution is -0.144. The maximum absolute atomic E-state index is 12.5. The Morgan fingerprint density at radius 1 is 1.28 bits per heavy atom. The lowest BCUT2D eigenvalue weighted by Crippen LogP contribution is -2.39. The van der Waals surface area contributed by atoms with E-state index in [2.05, 4.69) is 20.8 Å². The number of esters is 2. The molecule has 2 fully saturated rings. The van der Waals surface area contributed by atoms with Crippen LogP contribution in [0.3, 0.4) is 0 Å². The molecule has 0 bridgehead atoms. The van der Waals surface area contributed by atoms with E-state index in [-0.39, 0.29) is 35.1 Å². The predicted octanol–water partition coefficient (Wildman–Crippen LogP) is 4.28. The summed E-state index contributed by atoms with van der Waals surface area (Å²) >= 11 is 0. The molecule has 0 aromatic carbocycles. The zero-order valence-corrected chi connectivity index (χ0v) is 16.3. The second-order valence-electron chi connectivity index (χ2n) is 9.34. The van der Waals surface area contributed by atoms with Crippen LogP contribution in [0.25, 0.3) is 0 Å². The van der Waals surface area contributed by atoms with Crippen LogP contribution in [0.4, 0.5) is 0 Å². The third kappa shape index (κ3) is 3.24. The van der Waals surface area contributed by atoms with Crippen LogP contribution >= 0.6 is 0 Å². The summed E-state index contributed by atoms with van der Waals surface area (Å²) in [5.41, 5.74) is 2.73. The quantitative estimate of drug-likeness (QED) is 0.564. The highest BCUT2D eigenvalue weighted by molar-refractivity contribution is 5.83. The van der Waals surface area contributed by atoms with Crippen molar-refractivity contribution in [3.8, 4) is 0 Å². The molecule has 0 spiro atoms. The number of hydrogen-bond donors (Lipinski definition) is 0. The second-order valence-corrected chi connectivity index (χ2v) is 9.34. The summed E-state index contributed by atoms with van der Waals surface area (Å²) in [4.78, 5) is 24.8. The summed E-state index contributed by atoms with van der Waals surface area (Å²) in [6.07, 6.45) is 6.65. The van der Waals surface area contributed by atoms with E-state index in [4.69, 9.17) is 9.47 Å². The van der Waals surface area contributed by atoms with Crippen molar-refractivity contribution in [2.24, 2.45) is 28.6 Å². The highest BCUT2D eigenvalue weighted by Gasteiger charge is 2.50. The topological polar surface area (TPSA) is 52.6 Å². The minimum atomic E-state index is -0.375. The average Bonchev–Trinajstić information content (AvgIpc) is 2.93. The number of allylic oxidation sites excluding steroid dienone is 1. The Balaban J connectivity index is 2.09. The monoisotopic (exact) mass is 348 g/mol. The van der Waals surface area contributed by atoms with Gasteiger partial charge in [0.25, 0.3) is 0 Å². The number of carbonyl (C=O) groups excluding carboxylic acids is 2. The van der Waals surface area contributed by atoms with E-state index in [9.17, 15) is 9.59 Å². The number of rotatable bonds is 3. The van der Waals surface area contributed by atoms with Crippen LogP contribution in [0.1, 0.15) is 66.2 Å². The molecule has 3 rings (SSSR count). The smallest absolute Gasteiger partial charge is 0.313 e. The summed E-state index contributed by atoms with van der Waals surface area (Å²) in [6.45, 7) is 9.41. The van der Waals surface area contributed by atoms with Crippen LogP contribution in [0, 0.1) is 28.6 Å². The average molecular weight is 348 g/mol. The molecule has 0 N–H and O–H groups in total. The highest BCUT2D eigenvalue weighted by atomic mass is 16.5. The van der Waals surface area contributed by atoms with Gasteiger partial charge in [-0.15, -0.1) is 0 Å². The first-order chi connectivity index (χ1) is 11.7. The van der Waals surface area contributed by atoms with Gasteiger partial charge in [0.15, 0.2) is 0 Å². The molecule has 0 amide bonds. The number of cyclic esters (lactones) is 1. The SMILES string of the molecule is COC(=O)C(C)C1=C(C2(C)CCCC(C)(C)C2)CCC2COC(=O)C12. The zero-order valence-electron chi connectivity index (χ0n) is 16.3. The number of carbonyl (C=O) groups is 2. The van der Waals surface area contributed by atoms with Gasteiger partial charge in [0.05, 0.1) is 25.6 Å². The van der Waals surface area contributed by atoms with E-state index in [1.54, 1.807) is 0 Å². The van der Waals surface area contributed by atoms with Crippen LogP contribution < -0.4 is 0 Å². The summed E-state index contributed by atoms with van der Waals surface area (Å²) in [6, 6.07) is 0. The Morgan fingerprint density at radius 2 is 2.00 bits per heavy atom. The lowest BCUT2D eigenvalue weighted by Gasteiger charge is -2.47. The Hall–Kier alpha value is -1.32. The van der Waals surface area contributed by atoms with Gasteiger partial charge in [-0.05, 0) is 55.4 Å². The van der Waals surface area contributed by atoms with E-state index >= 15 is 0 Å². The molecule has 4 unspecified atom stereocenters. The predicted molar refractivity (Wildman–Crippen MR) is 95.7 cm³/mol. The molecular weight excluding hydrogens is 316 g/mol. The van der Waals surface area contributed by atoms with Gasteiger partial charge in [0, 0.05) is 5.92 Å². The molecule has 1 heterocycles. The number of methoxy groups -OCH3 is 1. The number of ether oxygens (including phenoxy) is 2. The van der Waals surface area contributed by atoms with E-state index in [1.165, 1.54) is 25.5 Å². The van der Waals surface area contributed by atoms with Crippen LogP contribution in [0.15, 0.2) is 11.1 Å². The Morgan fingerprint density at radius 3 is 2.64 bits per heavy atom. The van der Waals surface area contributed by atoms with Crippen LogP contribution in [0.2, 0.25) is 0 Å². The molecule has 0 aromatic heterocycles. The van der Waals surface area contributed by atoms with E-state index < -0.39 is 0 Å². The number of fused-ring (bicyclic) bond motifs is 1. The molecule has 0 radical (unpaired) electrons. The molecule has 25 heavy (non-hydrogen) atoms. The van der Waals surface area contributed by atoms with Crippen LogP contribution in [-0.2, 0) is 19.1 Å². The van der Waals surface area contributed by atoms with Crippen molar-refractivity contribution < 1.29 is 19.1 Å². The van der Waals surface area contributed by atoms with Crippen molar-refractivity contribution in [3.05, 3.63) is 11.1 Å². The lowest BCUT2D eigenvalue weighted by atomic mass is 9.57.